The maximum absolute atomic E-state index is 12.2. The van der Waals surface area contributed by atoms with Gasteiger partial charge in [0.15, 0.2) is 5.96 Å². The summed E-state index contributed by atoms with van der Waals surface area (Å²) in [5, 5.41) is 6.98. The van der Waals surface area contributed by atoms with E-state index in [9.17, 15) is 4.79 Å². The van der Waals surface area contributed by atoms with Crippen LogP contribution in [0.5, 0.6) is 5.75 Å². The zero-order valence-corrected chi connectivity index (χ0v) is 15.7. The van der Waals surface area contributed by atoms with Crippen LogP contribution in [0.25, 0.3) is 0 Å². The monoisotopic (exact) mass is 366 g/mol. The fourth-order valence-corrected chi connectivity index (χ4v) is 3.07. The lowest BCUT2D eigenvalue weighted by Crippen LogP contribution is -2.46. The highest BCUT2D eigenvalue weighted by Gasteiger charge is 2.16. The van der Waals surface area contributed by atoms with Gasteiger partial charge in [-0.15, -0.1) is 0 Å². The topological polar surface area (TPSA) is 66.0 Å². The van der Waals surface area contributed by atoms with Gasteiger partial charge in [0.25, 0.3) is 0 Å². The summed E-state index contributed by atoms with van der Waals surface area (Å²) in [5.74, 6) is 1.49. The lowest BCUT2D eigenvalue weighted by molar-refractivity contribution is -0.130. The highest BCUT2D eigenvalue weighted by Crippen LogP contribution is 2.22. The van der Waals surface area contributed by atoms with E-state index in [0.29, 0.717) is 17.5 Å². The Balaban J connectivity index is 1.74. The first-order valence-electron chi connectivity index (χ1n) is 8.68. The zero-order chi connectivity index (χ0) is 18.1. The maximum Gasteiger partial charge on any atom is 0.241 e. The fraction of sp³-hybridized carbons (Fsp3) is 0.556. The quantitative estimate of drug-likeness (QED) is 0.597. The number of carbonyl (C=O) groups is 1. The van der Waals surface area contributed by atoms with Crippen LogP contribution in [-0.2, 0) is 11.2 Å². The molecule has 0 aliphatic carbocycles. The van der Waals surface area contributed by atoms with Crippen molar-refractivity contribution in [2.24, 2.45) is 4.99 Å². The minimum absolute atomic E-state index is 0.126. The summed E-state index contributed by atoms with van der Waals surface area (Å²) in [6.07, 6.45) is 4.17. The molecule has 1 aliphatic rings. The van der Waals surface area contributed by atoms with Gasteiger partial charge >= 0.3 is 0 Å². The average molecular weight is 367 g/mol. The number of amides is 1. The van der Waals surface area contributed by atoms with E-state index in [1.807, 2.05) is 17.0 Å². The van der Waals surface area contributed by atoms with Crippen molar-refractivity contribution in [2.75, 3.05) is 40.3 Å². The number of guanidine groups is 1. The number of rotatable bonds is 6. The fourth-order valence-electron chi connectivity index (χ4n) is 2.81. The largest absolute Gasteiger partial charge is 0.497 e. The highest BCUT2D eigenvalue weighted by atomic mass is 35.5. The van der Waals surface area contributed by atoms with E-state index in [0.717, 1.165) is 43.7 Å². The molecule has 0 unspecified atom stereocenters. The third kappa shape index (κ3) is 6.12. The lowest BCUT2D eigenvalue weighted by atomic mass is 10.1. The molecule has 0 atom stereocenters. The van der Waals surface area contributed by atoms with Gasteiger partial charge in [0, 0.05) is 31.7 Å². The van der Waals surface area contributed by atoms with Gasteiger partial charge in [-0.2, -0.15) is 0 Å². The molecule has 0 saturated carbocycles. The van der Waals surface area contributed by atoms with Gasteiger partial charge in [-0.25, -0.2) is 0 Å². The first-order chi connectivity index (χ1) is 12.1. The molecule has 2 rings (SSSR count). The predicted molar refractivity (Wildman–Crippen MR) is 102 cm³/mol. The molecule has 1 heterocycles. The molecule has 0 spiro atoms. The van der Waals surface area contributed by atoms with E-state index in [1.165, 1.54) is 6.42 Å². The molecular weight excluding hydrogens is 340 g/mol. The Hall–Kier alpha value is -1.95. The molecule has 1 amide bonds. The van der Waals surface area contributed by atoms with Crippen molar-refractivity contribution >= 4 is 23.5 Å². The van der Waals surface area contributed by atoms with Crippen LogP contribution >= 0.6 is 11.6 Å². The number of ether oxygens (including phenoxy) is 1. The van der Waals surface area contributed by atoms with Crippen molar-refractivity contribution in [1.82, 2.24) is 15.5 Å². The molecule has 6 nitrogen and oxygen atoms in total. The van der Waals surface area contributed by atoms with E-state index < -0.39 is 0 Å². The molecule has 1 aromatic carbocycles. The third-order valence-electron chi connectivity index (χ3n) is 4.29. The van der Waals surface area contributed by atoms with E-state index in [-0.39, 0.29) is 12.5 Å². The van der Waals surface area contributed by atoms with E-state index in [4.69, 9.17) is 16.3 Å². The second-order valence-electron chi connectivity index (χ2n) is 6.00. The summed E-state index contributed by atoms with van der Waals surface area (Å²) < 4.78 is 5.15. The normalized spacial score (nSPS) is 15.0. The van der Waals surface area contributed by atoms with Gasteiger partial charge in [-0.05, 0) is 43.4 Å². The van der Waals surface area contributed by atoms with Crippen molar-refractivity contribution < 1.29 is 9.53 Å². The van der Waals surface area contributed by atoms with Crippen LogP contribution in [0.4, 0.5) is 0 Å². The number of nitrogens with zero attached hydrogens (tertiary/aromatic N) is 2. The summed E-state index contributed by atoms with van der Waals surface area (Å²) in [7, 11) is 3.31. The first-order valence-corrected chi connectivity index (χ1v) is 9.06. The summed E-state index contributed by atoms with van der Waals surface area (Å²) in [6, 6.07) is 5.66. The average Bonchev–Trinajstić information content (AvgIpc) is 2.66. The number of halogens is 1. The highest BCUT2D eigenvalue weighted by molar-refractivity contribution is 6.31. The van der Waals surface area contributed by atoms with Gasteiger partial charge in [0.2, 0.25) is 5.91 Å². The SMILES string of the molecule is CN=C(NCCc1ccc(OC)cc1Cl)NCC(=O)N1CCCCC1. The van der Waals surface area contributed by atoms with Gasteiger partial charge in [-0.3, -0.25) is 9.79 Å². The third-order valence-corrected chi connectivity index (χ3v) is 4.64. The number of benzene rings is 1. The molecule has 1 aromatic rings. The summed E-state index contributed by atoms with van der Waals surface area (Å²) >= 11 is 6.24. The Morgan fingerprint density at radius 3 is 2.68 bits per heavy atom. The second kappa shape index (κ2) is 10.1. The Bertz CT molecular complexity index is 601. The van der Waals surface area contributed by atoms with Crippen LogP contribution < -0.4 is 15.4 Å². The summed E-state index contributed by atoms with van der Waals surface area (Å²) in [6.45, 7) is 2.66. The van der Waals surface area contributed by atoms with Crippen molar-refractivity contribution in [2.45, 2.75) is 25.7 Å². The standard InChI is InChI=1S/C18H27ClN4O2/c1-20-18(22-13-17(24)23-10-4-3-5-11-23)21-9-8-14-6-7-15(25-2)12-16(14)19/h6-7,12H,3-5,8-11,13H2,1-2H3,(H2,20,21,22). The Morgan fingerprint density at radius 2 is 2.04 bits per heavy atom. The van der Waals surface area contributed by atoms with Gasteiger partial charge in [0.1, 0.15) is 5.75 Å². The molecule has 138 valence electrons. The van der Waals surface area contributed by atoms with Crippen LogP contribution in [-0.4, -0.2) is 57.1 Å². The molecule has 1 saturated heterocycles. The number of nitrogens with one attached hydrogen (secondary N) is 2. The molecule has 1 fully saturated rings. The minimum Gasteiger partial charge on any atom is -0.497 e. The smallest absolute Gasteiger partial charge is 0.241 e. The van der Waals surface area contributed by atoms with Crippen LogP contribution in [0.2, 0.25) is 5.02 Å². The second-order valence-corrected chi connectivity index (χ2v) is 6.41. The van der Waals surface area contributed by atoms with Crippen molar-refractivity contribution in [3.63, 3.8) is 0 Å². The Labute approximate surface area is 154 Å². The number of hydrogen-bond donors (Lipinski definition) is 2. The molecule has 7 heteroatoms. The van der Waals surface area contributed by atoms with Crippen LogP contribution in [0.15, 0.2) is 23.2 Å². The molecule has 0 bridgehead atoms. The summed E-state index contributed by atoms with van der Waals surface area (Å²) in [4.78, 5) is 18.2. The van der Waals surface area contributed by atoms with Crippen molar-refractivity contribution in [3.8, 4) is 5.75 Å². The Morgan fingerprint density at radius 1 is 1.28 bits per heavy atom. The van der Waals surface area contributed by atoms with E-state index in [2.05, 4.69) is 15.6 Å². The number of likely N-dealkylation sites (tertiary alicyclic amines) is 1. The number of aliphatic imine (C=N–C) groups is 1. The number of carbonyl (C=O) groups excluding carboxylic acids is 1. The molecule has 25 heavy (non-hydrogen) atoms. The zero-order valence-electron chi connectivity index (χ0n) is 15.0. The van der Waals surface area contributed by atoms with E-state index in [1.54, 1.807) is 20.2 Å². The van der Waals surface area contributed by atoms with Gasteiger partial charge in [-0.1, -0.05) is 17.7 Å². The number of piperidine rings is 1. The number of methoxy groups -OCH3 is 1. The van der Waals surface area contributed by atoms with Crippen molar-refractivity contribution in [3.05, 3.63) is 28.8 Å². The maximum atomic E-state index is 12.2. The van der Waals surface area contributed by atoms with Crippen LogP contribution in [0, 0.1) is 0 Å². The Kier molecular flexibility index (Phi) is 7.85. The minimum atomic E-state index is 0.126. The van der Waals surface area contributed by atoms with Gasteiger partial charge < -0.3 is 20.3 Å². The lowest BCUT2D eigenvalue weighted by Gasteiger charge is -2.27. The molecule has 2 N–H and O–H groups in total. The molecule has 0 aromatic heterocycles. The first kappa shape index (κ1) is 19.4. The van der Waals surface area contributed by atoms with Crippen molar-refractivity contribution in [1.29, 1.82) is 0 Å². The molecule has 1 aliphatic heterocycles. The number of hydrogen-bond acceptors (Lipinski definition) is 3. The van der Waals surface area contributed by atoms with Gasteiger partial charge in [0.05, 0.1) is 13.7 Å². The predicted octanol–water partition coefficient (Wildman–Crippen LogP) is 2.07. The van der Waals surface area contributed by atoms with Crippen LogP contribution in [0.3, 0.4) is 0 Å². The molecular formula is C18H27ClN4O2. The van der Waals surface area contributed by atoms with E-state index >= 15 is 0 Å². The van der Waals surface area contributed by atoms with Crippen LogP contribution in [0.1, 0.15) is 24.8 Å². The molecule has 0 radical (unpaired) electrons. The summed E-state index contributed by atoms with van der Waals surface area (Å²) in [5.41, 5.74) is 1.04.